The van der Waals surface area contributed by atoms with Crippen LogP contribution < -0.4 is 16.0 Å². The zero-order chi connectivity index (χ0) is 15.9. The average Bonchev–Trinajstić information content (AvgIpc) is 2.93. The van der Waals surface area contributed by atoms with E-state index in [-0.39, 0.29) is 11.9 Å². The number of aryl methyl sites for hydroxylation is 1. The van der Waals surface area contributed by atoms with Crippen LogP contribution in [0.3, 0.4) is 0 Å². The van der Waals surface area contributed by atoms with Crippen LogP contribution in [0, 0.1) is 0 Å². The first kappa shape index (κ1) is 15.4. The lowest BCUT2D eigenvalue weighted by Crippen LogP contribution is -2.28. The molecule has 0 bridgehead atoms. The molecule has 1 aromatic heterocycles. The molecule has 0 saturated heterocycles. The van der Waals surface area contributed by atoms with Gasteiger partial charge in [0.15, 0.2) is 0 Å². The molecule has 0 aliphatic heterocycles. The van der Waals surface area contributed by atoms with Gasteiger partial charge in [-0.3, -0.25) is 4.79 Å². The molecule has 0 aliphatic carbocycles. The van der Waals surface area contributed by atoms with E-state index in [9.17, 15) is 9.59 Å². The molecule has 0 aliphatic rings. The first-order valence-electron chi connectivity index (χ1n) is 6.78. The van der Waals surface area contributed by atoms with Crippen molar-refractivity contribution in [2.45, 2.75) is 0 Å². The monoisotopic (exact) mass is 298 g/mol. The standard InChI is InChI=1S/C16H18N4O2/c1-3-10-17-16(22)19-13-8-6-12(7-9-13)18-15(21)14-5-4-11-20(14)2/h3-9,11H,1,10H2,2H3,(H,18,21)(H2,17,19,22). The fourth-order valence-electron chi connectivity index (χ4n) is 1.87. The van der Waals surface area contributed by atoms with E-state index >= 15 is 0 Å². The summed E-state index contributed by atoms with van der Waals surface area (Å²) in [6, 6.07) is 10.1. The smallest absolute Gasteiger partial charge is 0.319 e. The number of carbonyl (C=O) groups is 2. The Labute approximate surface area is 128 Å². The molecular formula is C16H18N4O2. The molecule has 2 aromatic rings. The van der Waals surface area contributed by atoms with Gasteiger partial charge in [0.2, 0.25) is 0 Å². The molecule has 0 saturated carbocycles. The van der Waals surface area contributed by atoms with E-state index in [1.54, 1.807) is 41.0 Å². The van der Waals surface area contributed by atoms with Gasteiger partial charge in [-0.25, -0.2) is 4.79 Å². The lowest BCUT2D eigenvalue weighted by atomic mass is 10.2. The Morgan fingerprint density at radius 1 is 1.14 bits per heavy atom. The fourth-order valence-corrected chi connectivity index (χ4v) is 1.87. The van der Waals surface area contributed by atoms with Crippen molar-refractivity contribution in [3.05, 3.63) is 60.9 Å². The van der Waals surface area contributed by atoms with Crippen LogP contribution in [-0.4, -0.2) is 23.1 Å². The Bertz CT molecular complexity index is 674. The zero-order valence-corrected chi connectivity index (χ0v) is 12.3. The van der Waals surface area contributed by atoms with Gasteiger partial charge in [-0.15, -0.1) is 6.58 Å². The number of rotatable bonds is 5. The van der Waals surface area contributed by atoms with Crippen LogP contribution in [0.4, 0.5) is 16.2 Å². The van der Waals surface area contributed by atoms with Crippen molar-refractivity contribution < 1.29 is 9.59 Å². The highest BCUT2D eigenvalue weighted by molar-refractivity contribution is 6.03. The largest absolute Gasteiger partial charge is 0.347 e. The minimum absolute atomic E-state index is 0.183. The number of benzene rings is 1. The Kier molecular flexibility index (Phi) is 4.98. The Morgan fingerprint density at radius 3 is 2.32 bits per heavy atom. The molecule has 3 N–H and O–H groups in total. The Hall–Kier alpha value is -3.02. The van der Waals surface area contributed by atoms with Crippen LogP contribution in [0.15, 0.2) is 55.3 Å². The van der Waals surface area contributed by atoms with Gasteiger partial charge >= 0.3 is 6.03 Å². The van der Waals surface area contributed by atoms with E-state index in [1.807, 2.05) is 19.3 Å². The summed E-state index contributed by atoms with van der Waals surface area (Å²) in [5, 5.41) is 8.09. The predicted octanol–water partition coefficient (Wildman–Crippen LogP) is 2.58. The molecule has 0 unspecified atom stereocenters. The first-order valence-corrected chi connectivity index (χ1v) is 6.78. The molecule has 114 valence electrons. The summed E-state index contributed by atoms with van der Waals surface area (Å²) in [6.07, 6.45) is 3.41. The van der Waals surface area contributed by atoms with Crippen molar-refractivity contribution in [3.63, 3.8) is 0 Å². The molecule has 22 heavy (non-hydrogen) atoms. The minimum atomic E-state index is -0.305. The van der Waals surface area contributed by atoms with Crippen molar-refractivity contribution in [1.82, 2.24) is 9.88 Å². The summed E-state index contributed by atoms with van der Waals surface area (Å²) < 4.78 is 1.75. The van der Waals surface area contributed by atoms with E-state index in [1.165, 1.54) is 0 Å². The molecular weight excluding hydrogens is 280 g/mol. The van der Waals surface area contributed by atoms with Gasteiger partial charge in [-0.1, -0.05) is 6.08 Å². The van der Waals surface area contributed by atoms with Gasteiger partial charge in [0.05, 0.1) is 0 Å². The highest BCUT2D eigenvalue weighted by Crippen LogP contribution is 2.14. The summed E-state index contributed by atoms with van der Waals surface area (Å²) in [6.45, 7) is 3.92. The van der Waals surface area contributed by atoms with Crippen LogP contribution in [0.2, 0.25) is 0 Å². The second-order valence-electron chi connectivity index (χ2n) is 4.66. The number of nitrogens with one attached hydrogen (secondary N) is 3. The van der Waals surface area contributed by atoms with Crippen molar-refractivity contribution in [2.24, 2.45) is 7.05 Å². The molecule has 0 spiro atoms. The number of hydrogen-bond donors (Lipinski definition) is 3. The quantitative estimate of drug-likeness (QED) is 0.742. The highest BCUT2D eigenvalue weighted by Gasteiger charge is 2.09. The number of hydrogen-bond acceptors (Lipinski definition) is 2. The fraction of sp³-hybridized carbons (Fsp3) is 0.125. The van der Waals surface area contributed by atoms with Gasteiger partial charge in [0, 0.05) is 31.2 Å². The van der Waals surface area contributed by atoms with E-state index in [0.29, 0.717) is 23.6 Å². The second kappa shape index (κ2) is 7.12. The number of nitrogens with zero attached hydrogens (tertiary/aromatic N) is 1. The van der Waals surface area contributed by atoms with Crippen LogP contribution in [0.25, 0.3) is 0 Å². The maximum atomic E-state index is 12.1. The van der Waals surface area contributed by atoms with E-state index in [0.717, 1.165) is 0 Å². The van der Waals surface area contributed by atoms with Crippen molar-refractivity contribution in [3.8, 4) is 0 Å². The summed E-state index contributed by atoms with van der Waals surface area (Å²) in [7, 11) is 1.81. The van der Waals surface area contributed by atoms with Gasteiger partial charge < -0.3 is 20.5 Å². The predicted molar refractivity (Wildman–Crippen MR) is 87.0 cm³/mol. The number of carbonyl (C=O) groups excluding carboxylic acids is 2. The molecule has 1 heterocycles. The third kappa shape index (κ3) is 3.99. The van der Waals surface area contributed by atoms with E-state index in [2.05, 4.69) is 22.5 Å². The van der Waals surface area contributed by atoms with E-state index in [4.69, 9.17) is 0 Å². The van der Waals surface area contributed by atoms with Gasteiger partial charge in [-0.05, 0) is 36.4 Å². The summed E-state index contributed by atoms with van der Waals surface area (Å²) >= 11 is 0. The van der Waals surface area contributed by atoms with E-state index < -0.39 is 0 Å². The highest BCUT2D eigenvalue weighted by atomic mass is 16.2. The SMILES string of the molecule is C=CCNC(=O)Nc1ccc(NC(=O)c2cccn2C)cc1. The van der Waals surface area contributed by atoms with Gasteiger partial charge in [0.25, 0.3) is 5.91 Å². The maximum Gasteiger partial charge on any atom is 0.319 e. The number of aromatic nitrogens is 1. The number of amides is 3. The third-order valence-electron chi connectivity index (χ3n) is 2.98. The molecule has 2 rings (SSSR count). The summed E-state index contributed by atoms with van der Waals surface area (Å²) in [4.78, 5) is 23.5. The molecule has 1 aromatic carbocycles. The van der Waals surface area contributed by atoms with Crippen molar-refractivity contribution >= 4 is 23.3 Å². The molecule has 0 radical (unpaired) electrons. The number of anilines is 2. The van der Waals surface area contributed by atoms with Crippen LogP contribution in [-0.2, 0) is 7.05 Å². The van der Waals surface area contributed by atoms with Crippen LogP contribution in [0.5, 0.6) is 0 Å². The Balaban J connectivity index is 1.94. The average molecular weight is 298 g/mol. The van der Waals surface area contributed by atoms with Gasteiger partial charge in [0.1, 0.15) is 5.69 Å². The maximum absolute atomic E-state index is 12.1. The summed E-state index contributed by atoms with van der Waals surface area (Å²) in [5.41, 5.74) is 1.87. The normalized spacial score (nSPS) is 9.86. The third-order valence-corrected chi connectivity index (χ3v) is 2.98. The second-order valence-corrected chi connectivity index (χ2v) is 4.66. The lowest BCUT2D eigenvalue weighted by Gasteiger charge is -2.08. The molecule has 0 atom stereocenters. The van der Waals surface area contributed by atoms with Gasteiger partial charge in [-0.2, -0.15) is 0 Å². The summed E-state index contributed by atoms with van der Waals surface area (Å²) in [5.74, 6) is -0.183. The first-order chi connectivity index (χ1) is 10.6. The molecule has 0 fully saturated rings. The topological polar surface area (TPSA) is 75.2 Å². The molecule has 6 nitrogen and oxygen atoms in total. The zero-order valence-electron chi connectivity index (χ0n) is 12.3. The van der Waals surface area contributed by atoms with Crippen LogP contribution in [0.1, 0.15) is 10.5 Å². The molecule has 6 heteroatoms. The van der Waals surface area contributed by atoms with Crippen LogP contribution >= 0.6 is 0 Å². The number of urea groups is 1. The Morgan fingerprint density at radius 2 is 1.77 bits per heavy atom. The van der Waals surface area contributed by atoms with Crippen molar-refractivity contribution in [1.29, 1.82) is 0 Å². The molecule has 3 amide bonds. The van der Waals surface area contributed by atoms with Crippen molar-refractivity contribution in [2.75, 3.05) is 17.2 Å². The lowest BCUT2D eigenvalue weighted by molar-refractivity contribution is 0.101. The minimum Gasteiger partial charge on any atom is -0.347 e.